The van der Waals surface area contributed by atoms with Crippen molar-refractivity contribution in [2.24, 2.45) is 5.73 Å². The first-order chi connectivity index (χ1) is 17.6. The molecule has 37 heavy (non-hydrogen) atoms. The number of hydrogen-bond donors (Lipinski definition) is 1. The molecule has 3 aliphatic heterocycles. The van der Waals surface area contributed by atoms with Crippen LogP contribution >= 0.6 is 0 Å². The molecule has 0 spiro atoms. The molecule has 0 unspecified atom stereocenters. The van der Waals surface area contributed by atoms with Gasteiger partial charge in [-0.25, -0.2) is 9.69 Å². The molecular formula is C23H25F3N6O5. The zero-order valence-electron chi connectivity index (χ0n) is 19.7. The summed E-state index contributed by atoms with van der Waals surface area (Å²) in [5, 5.41) is 7.94. The number of aromatic nitrogens is 2. The van der Waals surface area contributed by atoms with Crippen LogP contribution in [0.3, 0.4) is 0 Å². The molecule has 14 heteroatoms. The van der Waals surface area contributed by atoms with Crippen LogP contribution in [0.5, 0.6) is 5.75 Å². The second-order valence-corrected chi connectivity index (χ2v) is 9.00. The standard InChI is InChI=1S/C23H25F3N6O5/c24-23(25,26)37-16-3-1-15(2-4-16)32-20-17(19(28-32)21(27)34)7-10-30(22(20)35)14-5-8-29(9-6-14)31-11-12-36-13-18(31)33/h1-4,14H,5-13H2,(H2,27,34). The van der Waals surface area contributed by atoms with Gasteiger partial charge in [0.2, 0.25) is 0 Å². The average Bonchev–Trinajstić information content (AvgIpc) is 3.25. The van der Waals surface area contributed by atoms with Gasteiger partial charge >= 0.3 is 6.36 Å². The minimum Gasteiger partial charge on any atom is -0.406 e. The average molecular weight is 522 g/mol. The van der Waals surface area contributed by atoms with Crippen LogP contribution in [0.25, 0.3) is 5.69 Å². The number of hydrazine groups is 1. The predicted molar refractivity (Wildman–Crippen MR) is 121 cm³/mol. The molecule has 5 rings (SSSR count). The number of nitrogens with zero attached hydrogens (tertiary/aromatic N) is 5. The van der Waals surface area contributed by atoms with Crippen LogP contribution in [-0.4, -0.2) is 94.2 Å². The maximum Gasteiger partial charge on any atom is 0.573 e. The molecule has 198 valence electrons. The fourth-order valence-corrected chi connectivity index (χ4v) is 5.11. The number of benzene rings is 1. The predicted octanol–water partition coefficient (Wildman–Crippen LogP) is 1.11. The van der Waals surface area contributed by atoms with E-state index in [1.54, 1.807) is 9.91 Å². The van der Waals surface area contributed by atoms with E-state index >= 15 is 0 Å². The highest BCUT2D eigenvalue weighted by atomic mass is 19.4. The Labute approximate surface area is 209 Å². The number of amides is 3. The lowest BCUT2D eigenvalue weighted by molar-refractivity contribution is -0.274. The fourth-order valence-electron chi connectivity index (χ4n) is 5.11. The van der Waals surface area contributed by atoms with Gasteiger partial charge < -0.3 is 20.1 Å². The number of nitrogens with two attached hydrogens (primary N) is 1. The highest BCUT2D eigenvalue weighted by molar-refractivity contribution is 6.01. The quantitative estimate of drug-likeness (QED) is 0.624. The van der Waals surface area contributed by atoms with Crippen molar-refractivity contribution in [1.29, 1.82) is 0 Å². The van der Waals surface area contributed by atoms with Gasteiger partial charge in [-0.05, 0) is 43.5 Å². The van der Waals surface area contributed by atoms with Crippen molar-refractivity contribution in [1.82, 2.24) is 24.7 Å². The fraction of sp³-hybridized carbons (Fsp3) is 0.478. The van der Waals surface area contributed by atoms with Crippen LogP contribution in [-0.2, 0) is 16.0 Å². The van der Waals surface area contributed by atoms with Crippen LogP contribution in [0.4, 0.5) is 13.2 Å². The number of ether oxygens (including phenoxy) is 2. The molecular weight excluding hydrogens is 497 g/mol. The van der Waals surface area contributed by atoms with E-state index in [9.17, 15) is 27.6 Å². The number of carbonyl (C=O) groups is 3. The number of fused-ring (bicyclic) bond motifs is 1. The topological polar surface area (TPSA) is 123 Å². The molecule has 3 amide bonds. The SMILES string of the molecule is NC(=O)c1nn(-c2ccc(OC(F)(F)F)cc2)c2c1CCN(C1CCN(N3CCOCC3=O)CC1)C2=O. The molecule has 4 heterocycles. The summed E-state index contributed by atoms with van der Waals surface area (Å²) < 4.78 is 48.0. The van der Waals surface area contributed by atoms with Gasteiger partial charge in [-0.2, -0.15) is 5.10 Å². The summed E-state index contributed by atoms with van der Waals surface area (Å²) in [5.74, 6) is -1.64. The van der Waals surface area contributed by atoms with Crippen LogP contribution in [0.15, 0.2) is 24.3 Å². The van der Waals surface area contributed by atoms with E-state index in [4.69, 9.17) is 10.5 Å². The van der Waals surface area contributed by atoms with Crippen LogP contribution in [0, 0.1) is 0 Å². The number of rotatable bonds is 5. The van der Waals surface area contributed by atoms with Crippen LogP contribution in [0.1, 0.15) is 39.4 Å². The van der Waals surface area contributed by atoms with Crippen molar-refractivity contribution in [3.63, 3.8) is 0 Å². The van der Waals surface area contributed by atoms with Crippen molar-refractivity contribution in [3.05, 3.63) is 41.2 Å². The molecule has 0 bridgehead atoms. The van der Waals surface area contributed by atoms with Crippen LogP contribution in [0.2, 0.25) is 0 Å². The first-order valence-electron chi connectivity index (χ1n) is 11.8. The zero-order valence-corrected chi connectivity index (χ0v) is 19.7. The lowest BCUT2D eigenvalue weighted by Gasteiger charge is -2.44. The summed E-state index contributed by atoms with van der Waals surface area (Å²) in [4.78, 5) is 39.7. The highest BCUT2D eigenvalue weighted by Gasteiger charge is 2.39. The molecule has 2 fully saturated rings. The molecule has 1 aromatic carbocycles. The van der Waals surface area contributed by atoms with E-state index < -0.39 is 18.0 Å². The van der Waals surface area contributed by atoms with E-state index in [1.807, 2.05) is 5.01 Å². The summed E-state index contributed by atoms with van der Waals surface area (Å²) in [6.07, 6.45) is -3.19. The lowest BCUT2D eigenvalue weighted by Crippen LogP contribution is -2.57. The number of halogens is 3. The molecule has 0 saturated carbocycles. The number of alkyl halides is 3. The van der Waals surface area contributed by atoms with E-state index in [-0.39, 0.29) is 41.5 Å². The second kappa shape index (κ2) is 9.67. The van der Waals surface area contributed by atoms with Gasteiger partial charge in [-0.1, -0.05) is 0 Å². The van der Waals surface area contributed by atoms with E-state index in [1.165, 1.54) is 16.8 Å². The van der Waals surface area contributed by atoms with E-state index in [0.29, 0.717) is 57.6 Å². The highest BCUT2D eigenvalue weighted by Crippen LogP contribution is 2.30. The number of hydrogen-bond acceptors (Lipinski definition) is 7. The lowest BCUT2D eigenvalue weighted by atomic mass is 9.97. The third kappa shape index (κ3) is 4.98. The Morgan fingerprint density at radius 2 is 1.78 bits per heavy atom. The Bertz CT molecular complexity index is 1210. The van der Waals surface area contributed by atoms with Crippen LogP contribution < -0.4 is 10.5 Å². The number of carbonyl (C=O) groups excluding carboxylic acids is 3. The summed E-state index contributed by atoms with van der Waals surface area (Å²) in [5.41, 5.74) is 6.34. The monoisotopic (exact) mass is 522 g/mol. The molecule has 2 aromatic rings. The normalized spacial score (nSPS) is 19.8. The van der Waals surface area contributed by atoms with Gasteiger partial charge in [0.1, 0.15) is 18.1 Å². The van der Waals surface area contributed by atoms with Crippen molar-refractivity contribution >= 4 is 17.7 Å². The first kappa shape index (κ1) is 25.0. The summed E-state index contributed by atoms with van der Waals surface area (Å²) in [6, 6.07) is 4.77. The molecule has 3 aliphatic rings. The van der Waals surface area contributed by atoms with Crippen molar-refractivity contribution in [2.45, 2.75) is 31.7 Å². The third-order valence-electron chi connectivity index (χ3n) is 6.78. The first-order valence-corrected chi connectivity index (χ1v) is 11.8. The number of morpholine rings is 1. The summed E-state index contributed by atoms with van der Waals surface area (Å²) in [6.45, 7) is 2.60. The molecule has 1 aromatic heterocycles. The van der Waals surface area contributed by atoms with Gasteiger partial charge in [0.25, 0.3) is 17.7 Å². The molecule has 0 atom stereocenters. The minimum absolute atomic E-state index is 0.0423. The molecule has 11 nitrogen and oxygen atoms in total. The van der Waals surface area contributed by atoms with Gasteiger partial charge in [0.05, 0.1) is 18.8 Å². The Kier molecular flexibility index (Phi) is 6.54. The largest absolute Gasteiger partial charge is 0.573 e. The van der Waals surface area contributed by atoms with Crippen molar-refractivity contribution < 1.29 is 37.0 Å². The number of piperidine rings is 1. The molecule has 2 N–H and O–H groups in total. The minimum atomic E-state index is -4.84. The molecule has 0 aliphatic carbocycles. The van der Waals surface area contributed by atoms with Crippen molar-refractivity contribution in [3.8, 4) is 11.4 Å². The Morgan fingerprint density at radius 1 is 1.08 bits per heavy atom. The third-order valence-corrected chi connectivity index (χ3v) is 6.78. The summed E-state index contributed by atoms with van der Waals surface area (Å²) >= 11 is 0. The van der Waals surface area contributed by atoms with Gasteiger partial charge in [-0.3, -0.25) is 19.4 Å². The maximum atomic E-state index is 13.7. The Hall–Kier alpha value is -3.65. The summed E-state index contributed by atoms with van der Waals surface area (Å²) in [7, 11) is 0. The maximum absolute atomic E-state index is 13.7. The van der Waals surface area contributed by atoms with E-state index in [0.717, 1.165) is 12.1 Å². The van der Waals surface area contributed by atoms with Gasteiger partial charge in [-0.15, -0.1) is 13.2 Å². The Morgan fingerprint density at radius 3 is 2.41 bits per heavy atom. The molecule has 2 saturated heterocycles. The smallest absolute Gasteiger partial charge is 0.406 e. The van der Waals surface area contributed by atoms with Gasteiger partial charge in [0.15, 0.2) is 5.69 Å². The van der Waals surface area contributed by atoms with Gasteiger partial charge in [0, 0.05) is 31.2 Å². The van der Waals surface area contributed by atoms with Crippen molar-refractivity contribution in [2.75, 3.05) is 39.4 Å². The molecule has 0 radical (unpaired) electrons. The van der Waals surface area contributed by atoms with E-state index in [2.05, 4.69) is 9.84 Å². The number of primary amides is 1. The second-order valence-electron chi connectivity index (χ2n) is 9.00. The Balaban J connectivity index is 1.37. The zero-order chi connectivity index (χ0) is 26.3.